The lowest BCUT2D eigenvalue weighted by atomic mass is 10.0. The van der Waals surface area contributed by atoms with Gasteiger partial charge in [0.1, 0.15) is 23.6 Å². The van der Waals surface area contributed by atoms with Crippen LogP contribution in [0.2, 0.25) is 0 Å². The molecule has 48 heavy (non-hydrogen) atoms. The zero-order valence-corrected chi connectivity index (χ0v) is 27.5. The van der Waals surface area contributed by atoms with Crippen LogP contribution in [0.4, 0.5) is 14.5 Å². The average Bonchev–Trinajstić information content (AvgIpc) is 3.69. The molecule has 2 saturated heterocycles. The van der Waals surface area contributed by atoms with Crippen molar-refractivity contribution < 1.29 is 33.0 Å². The summed E-state index contributed by atoms with van der Waals surface area (Å²) in [6.07, 6.45) is 7.63. The number of hydrogen-bond acceptors (Lipinski definition) is 10. The van der Waals surface area contributed by atoms with E-state index >= 15 is 0 Å². The zero-order valence-electron chi connectivity index (χ0n) is 26.7. The van der Waals surface area contributed by atoms with E-state index in [0.717, 1.165) is 24.3 Å². The highest BCUT2D eigenvalue weighted by molar-refractivity contribution is 7.99. The molecule has 3 aromatic heterocycles. The Morgan fingerprint density at radius 2 is 2.02 bits per heavy atom. The van der Waals surface area contributed by atoms with Crippen LogP contribution >= 0.6 is 11.8 Å². The van der Waals surface area contributed by atoms with Gasteiger partial charge in [0.2, 0.25) is 5.91 Å². The van der Waals surface area contributed by atoms with Crippen LogP contribution < -0.4 is 10.1 Å². The van der Waals surface area contributed by atoms with Gasteiger partial charge >= 0.3 is 6.61 Å². The Hall–Kier alpha value is -4.12. The van der Waals surface area contributed by atoms with Gasteiger partial charge in [-0.25, -0.2) is 9.50 Å². The SMILES string of the molecule is CC(C)Sc1ccc(OC(F)F)c(-c2nn(CC(=O)N3CCC(N4CCOC[C@@H]4CO)CC3)cc2NC(=O)c2cnn3cccnc23)c1. The van der Waals surface area contributed by atoms with E-state index in [1.165, 1.54) is 39.4 Å². The number of aliphatic hydroxyl groups is 1. The van der Waals surface area contributed by atoms with Crippen LogP contribution in [0.1, 0.15) is 37.0 Å². The summed E-state index contributed by atoms with van der Waals surface area (Å²) in [4.78, 5) is 36.2. The van der Waals surface area contributed by atoms with E-state index < -0.39 is 12.5 Å². The number of ether oxygens (including phenoxy) is 2. The number of rotatable bonds is 11. The molecule has 0 unspecified atom stereocenters. The lowest BCUT2D eigenvalue weighted by molar-refractivity contribution is -0.134. The third-order valence-electron chi connectivity index (χ3n) is 8.40. The number of hydrogen-bond donors (Lipinski definition) is 2. The number of halogens is 2. The minimum atomic E-state index is -3.09. The maximum Gasteiger partial charge on any atom is 0.387 e. The van der Waals surface area contributed by atoms with Gasteiger partial charge in [-0.05, 0) is 37.1 Å². The van der Waals surface area contributed by atoms with Crippen molar-refractivity contribution in [3.8, 4) is 17.0 Å². The monoisotopic (exact) mass is 684 g/mol. The van der Waals surface area contributed by atoms with Gasteiger partial charge in [0.25, 0.3) is 5.91 Å². The third kappa shape index (κ3) is 7.61. The Balaban J connectivity index is 1.27. The number of benzene rings is 1. The third-order valence-corrected chi connectivity index (χ3v) is 9.39. The number of morpholine rings is 1. The molecule has 2 amide bonds. The number of carbonyl (C=O) groups excluding carboxylic acids is 2. The molecule has 256 valence electrons. The number of nitrogens with one attached hydrogen (secondary N) is 1. The van der Waals surface area contributed by atoms with Gasteiger partial charge in [-0.1, -0.05) is 13.8 Å². The number of anilines is 1. The fourth-order valence-electron chi connectivity index (χ4n) is 6.20. The predicted molar refractivity (Wildman–Crippen MR) is 174 cm³/mol. The Labute approximate surface area is 280 Å². The molecular formula is C32H38F2N8O5S. The Kier molecular flexibility index (Phi) is 10.5. The minimum absolute atomic E-state index is 0.0245. The molecule has 0 radical (unpaired) electrons. The smallest absolute Gasteiger partial charge is 0.387 e. The summed E-state index contributed by atoms with van der Waals surface area (Å²) in [5.41, 5.74) is 1.15. The Bertz CT molecular complexity index is 1740. The summed E-state index contributed by atoms with van der Waals surface area (Å²) < 4.78 is 40.3. The molecule has 2 aliphatic heterocycles. The van der Waals surface area contributed by atoms with Gasteiger partial charge in [0.15, 0.2) is 5.65 Å². The second-order valence-corrected chi connectivity index (χ2v) is 13.6. The van der Waals surface area contributed by atoms with Crippen molar-refractivity contribution in [2.75, 3.05) is 44.8 Å². The first kappa shape index (κ1) is 33.8. The molecule has 0 spiro atoms. The number of amides is 2. The maximum atomic E-state index is 13.5. The fourth-order valence-corrected chi connectivity index (χ4v) is 7.08. The van der Waals surface area contributed by atoms with Gasteiger partial charge in [0, 0.05) is 60.0 Å². The van der Waals surface area contributed by atoms with E-state index in [4.69, 9.17) is 9.47 Å². The van der Waals surface area contributed by atoms with Gasteiger partial charge < -0.3 is 24.8 Å². The van der Waals surface area contributed by atoms with Gasteiger partial charge in [-0.3, -0.25) is 19.2 Å². The standard InChI is InChI=1S/C32H38F2N8O5S/c1-20(2)48-23-4-5-27(47-32(33)34)24(14-23)29-26(37-31(45)25-15-36-42-9-3-8-35-30(25)42)16-40(38-29)17-28(44)39-10-6-21(7-11-39)41-12-13-46-19-22(41)18-43/h3-5,8-9,14-16,20-22,32,43H,6-7,10-13,17-19H2,1-2H3,(H,37,45)/t22-/m0/s1. The quantitative estimate of drug-likeness (QED) is 0.225. The molecule has 2 fully saturated rings. The van der Waals surface area contributed by atoms with Gasteiger partial charge in [-0.2, -0.15) is 19.0 Å². The summed E-state index contributed by atoms with van der Waals surface area (Å²) in [5.74, 6) is -0.818. The first-order valence-corrected chi connectivity index (χ1v) is 16.7. The topological polar surface area (TPSA) is 139 Å². The summed E-state index contributed by atoms with van der Waals surface area (Å²) >= 11 is 1.53. The van der Waals surface area contributed by atoms with E-state index in [1.54, 1.807) is 35.5 Å². The Morgan fingerprint density at radius 3 is 2.77 bits per heavy atom. The van der Waals surface area contributed by atoms with Gasteiger partial charge in [-0.15, -0.1) is 11.8 Å². The molecule has 1 atom stereocenters. The van der Waals surface area contributed by atoms with Crippen molar-refractivity contribution in [2.45, 2.75) is 62.1 Å². The van der Waals surface area contributed by atoms with Crippen LogP contribution in [0.5, 0.6) is 5.75 Å². The van der Waals surface area contributed by atoms with Crippen LogP contribution in [0.15, 0.2) is 53.9 Å². The van der Waals surface area contributed by atoms with Crippen LogP contribution in [0.3, 0.4) is 0 Å². The average molecular weight is 685 g/mol. The number of piperidine rings is 1. The van der Waals surface area contributed by atoms with Crippen LogP contribution in [0.25, 0.3) is 16.9 Å². The van der Waals surface area contributed by atoms with Crippen molar-refractivity contribution in [1.82, 2.24) is 34.2 Å². The van der Waals surface area contributed by atoms with Crippen molar-refractivity contribution in [2.24, 2.45) is 0 Å². The second kappa shape index (κ2) is 15.0. The molecule has 4 aromatic rings. The minimum Gasteiger partial charge on any atom is -0.434 e. The van der Waals surface area contributed by atoms with Gasteiger partial charge in [0.05, 0.1) is 37.7 Å². The van der Waals surface area contributed by atoms with Crippen molar-refractivity contribution in [3.63, 3.8) is 0 Å². The molecule has 0 saturated carbocycles. The van der Waals surface area contributed by atoms with E-state index in [1.807, 2.05) is 13.8 Å². The van der Waals surface area contributed by atoms with E-state index in [2.05, 4.69) is 25.4 Å². The first-order valence-electron chi connectivity index (χ1n) is 15.8. The number of nitrogens with zero attached hydrogens (tertiary/aromatic N) is 7. The zero-order chi connectivity index (χ0) is 33.8. The highest BCUT2D eigenvalue weighted by Crippen LogP contribution is 2.39. The Morgan fingerprint density at radius 1 is 1.21 bits per heavy atom. The molecule has 16 heteroatoms. The maximum absolute atomic E-state index is 13.5. The molecule has 5 heterocycles. The molecule has 13 nitrogen and oxygen atoms in total. The van der Waals surface area contributed by atoms with Crippen molar-refractivity contribution in [3.05, 3.63) is 54.6 Å². The van der Waals surface area contributed by atoms with Crippen molar-refractivity contribution in [1.29, 1.82) is 0 Å². The predicted octanol–water partition coefficient (Wildman–Crippen LogP) is 3.63. The number of fused-ring (bicyclic) bond motifs is 1. The van der Waals surface area contributed by atoms with E-state index in [0.29, 0.717) is 32.0 Å². The summed E-state index contributed by atoms with van der Waals surface area (Å²) in [6, 6.07) is 6.72. The normalized spacial score (nSPS) is 17.8. The van der Waals surface area contributed by atoms with E-state index in [9.17, 15) is 23.5 Å². The highest BCUT2D eigenvalue weighted by atomic mass is 32.2. The largest absolute Gasteiger partial charge is 0.434 e. The van der Waals surface area contributed by atoms with Crippen LogP contribution in [-0.4, -0.2) is 114 Å². The van der Waals surface area contributed by atoms with Crippen LogP contribution in [-0.2, 0) is 16.1 Å². The summed E-state index contributed by atoms with van der Waals surface area (Å²) in [7, 11) is 0. The molecule has 2 N–H and O–H groups in total. The number of aromatic nitrogens is 5. The number of aliphatic hydroxyl groups excluding tert-OH is 1. The summed E-state index contributed by atoms with van der Waals surface area (Å²) in [6.45, 7) is 3.77. The highest BCUT2D eigenvalue weighted by Gasteiger charge is 2.33. The molecular weight excluding hydrogens is 646 g/mol. The fraction of sp³-hybridized carbons (Fsp3) is 0.469. The molecule has 0 bridgehead atoms. The molecule has 0 aliphatic carbocycles. The van der Waals surface area contributed by atoms with Crippen LogP contribution in [0, 0.1) is 0 Å². The number of alkyl halides is 2. The number of thioether (sulfide) groups is 1. The molecule has 2 aliphatic rings. The number of carbonyl (C=O) groups is 2. The second-order valence-electron chi connectivity index (χ2n) is 12.0. The summed E-state index contributed by atoms with van der Waals surface area (Å²) in [5, 5.41) is 21.7. The first-order chi connectivity index (χ1) is 23.2. The van der Waals surface area contributed by atoms with Crippen molar-refractivity contribution >= 4 is 34.9 Å². The van der Waals surface area contributed by atoms with E-state index in [-0.39, 0.29) is 64.7 Å². The lowest BCUT2D eigenvalue weighted by Gasteiger charge is -2.43. The lowest BCUT2D eigenvalue weighted by Crippen LogP contribution is -2.55. The molecule has 1 aromatic carbocycles. The molecule has 6 rings (SSSR count). The number of likely N-dealkylation sites (tertiary alicyclic amines) is 1.